The van der Waals surface area contributed by atoms with Crippen LogP contribution >= 0.6 is 0 Å². The second-order valence-corrected chi connectivity index (χ2v) is 5.83. The van der Waals surface area contributed by atoms with Crippen LogP contribution < -0.4 is 4.72 Å². The van der Waals surface area contributed by atoms with Crippen LogP contribution in [0.25, 0.3) is 0 Å². The zero-order valence-electron chi connectivity index (χ0n) is 10.4. The number of nitrogens with one attached hydrogen (secondary N) is 1. The van der Waals surface area contributed by atoms with E-state index in [9.17, 15) is 13.2 Å². The summed E-state index contributed by atoms with van der Waals surface area (Å²) in [5.41, 5.74) is 1.05. The minimum absolute atomic E-state index is 0.150. The van der Waals surface area contributed by atoms with Gasteiger partial charge in [-0.2, -0.15) is 0 Å². The molecule has 0 aliphatic rings. The molecule has 1 aromatic carbocycles. The van der Waals surface area contributed by atoms with Gasteiger partial charge in [-0.25, -0.2) is 13.1 Å². The Kier molecular flexibility index (Phi) is 4.86. The molecule has 2 N–H and O–H groups in total. The fraction of sp³-hybridized carbons (Fsp3) is 0.417. The van der Waals surface area contributed by atoms with Crippen molar-refractivity contribution >= 4 is 16.0 Å². The summed E-state index contributed by atoms with van der Waals surface area (Å²) in [6, 6.07) is 5.90. The third-order valence-corrected chi connectivity index (χ3v) is 4.08. The quantitative estimate of drug-likeness (QED) is 0.819. The Morgan fingerprint density at radius 2 is 1.89 bits per heavy atom. The first-order chi connectivity index (χ1) is 8.35. The van der Waals surface area contributed by atoms with Crippen LogP contribution in [0.4, 0.5) is 0 Å². The molecule has 0 aromatic heterocycles. The average Bonchev–Trinajstić information content (AvgIpc) is 2.27. The number of carbonyl (C=O) groups is 1. The molecule has 0 saturated heterocycles. The summed E-state index contributed by atoms with van der Waals surface area (Å²) in [5, 5.41) is 8.58. The maximum absolute atomic E-state index is 11.9. The van der Waals surface area contributed by atoms with E-state index in [2.05, 4.69) is 4.72 Å². The van der Waals surface area contributed by atoms with Crippen LogP contribution in [0.1, 0.15) is 25.8 Å². The van der Waals surface area contributed by atoms with Gasteiger partial charge >= 0.3 is 5.97 Å². The van der Waals surface area contributed by atoms with Gasteiger partial charge in [0.2, 0.25) is 10.0 Å². The lowest BCUT2D eigenvalue weighted by Gasteiger charge is -2.12. The lowest BCUT2D eigenvalue weighted by Crippen LogP contribution is -2.34. The Balaban J connectivity index is 2.82. The van der Waals surface area contributed by atoms with E-state index in [-0.39, 0.29) is 11.3 Å². The van der Waals surface area contributed by atoms with E-state index in [0.717, 1.165) is 12.0 Å². The zero-order valence-corrected chi connectivity index (χ0v) is 11.2. The minimum Gasteiger partial charge on any atom is -0.481 e. The van der Waals surface area contributed by atoms with Crippen molar-refractivity contribution in [3.63, 3.8) is 0 Å². The van der Waals surface area contributed by atoms with E-state index < -0.39 is 22.0 Å². The van der Waals surface area contributed by atoms with Crippen molar-refractivity contribution < 1.29 is 18.3 Å². The van der Waals surface area contributed by atoms with Crippen molar-refractivity contribution in [3.8, 4) is 0 Å². The summed E-state index contributed by atoms with van der Waals surface area (Å²) >= 11 is 0. The maximum Gasteiger partial charge on any atom is 0.304 e. The van der Waals surface area contributed by atoms with Crippen molar-refractivity contribution in [2.24, 2.45) is 0 Å². The van der Waals surface area contributed by atoms with Crippen LogP contribution in [-0.4, -0.2) is 25.5 Å². The van der Waals surface area contributed by atoms with Crippen molar-refractivity contribution in [3.05, 3.63) is 29.8 Å². The van der Waals surface area contributed by atoms with Crippen LogP contribution in [0, 0.1) is 0 Å². The Morgan fingerprint density at radius 3 is 2.33 bits per heavy atom. The lowest BCUT2D eigenvalue weighted by atomic mass is 10.2. The SMILES string of the molecule is CCc1ccc(S(=O)(=O)NC(C)CC(=O)O)cc1. The highest BCUT2D eigenvalue weighted by Gasteiger charge is 2.18. The fourth-order valence-corrected chi connectivity index (χ4v) is 2.78. The molecule has 6 heteroatoms. The van der Waals surface area contributed by atoms with Crippen molar-refractivity contribution in [2.75, 3.05) is 0 Å². The molecule has 1 unspecified atom stereocenters. The first-order valence-corrected chi connectivity index (χ1v) is 7.16. The van der Waals surface area contributed by atoms with E-state index >= 15 is 0 Å². The fourth-order valence-electron chi connectivity index (χ4n) is 1.54. The Bertz CT molecular complexity index is 507. The predicted octanol–water partition coefficient (Wildman–Crippen LogP) is 1.39. The third-order valence-electron chi connectivity index (χ3n) is 2.48. The number of aliphatic carboxylic acids is 1. The van der Waals surface area contributed by atoms with Crippen molar-refractivity contribution in [1.82, 2.24) is 4.72 Å². The number of aryl methyl sites for hydroxylation is 1. The molecule has 1 atom stereocenters. The maximum atomic E-state index is 11.9. The largest absolute Gasteiger partial charge is 0.481 e. The first kappa shape index (κ1) is 14.7. The lowest BCUT2D eigenvalue weighted by molar-refractivity contribution is -0.137. The molecule has 0 fully saturated rings. The topological polar surface area (TPSA) is 83.5 Å². The van der Waals surface area contributed by atoms with Gasteiger partial charge in [-0.05, 0) is 31.0 Å². The number of sulfonamides is 1. The van der Waals surface area contributed by atoms with Gasteiger partial charge in [-0.1, -0.05) is 19.1 Å². The number of carboxylic acids is 1. The monoisotopic (exact) mass is 271 g/mol. The second-order valence-electron chi connectivity index (χ2n) is 4.12. The molecule has 0 aliphatic carbocycles. The Labute approximate surface area is 107 Å². The van der Waals surface area contributed by atoms with Crippen LogP contribution in [-0.2, 0) is 21.2 Å². The molecule has 0 aliphatic heterocycles. The van der Waals surface area contributed by atoms with Gasteiger partial charge in [0.1, 0.15) is 0 Å². The minimum atomic E-state index is -3.64. The van der Waals surface area contributed by atoms with E-state index in [0.29, 0.717) is 0 Å². The van der Waals surface area contributed by atoms with E-state index in [1.807, 2.05) is 6.92 Å². The number of rotatable bonds is 6. The molecule has 0 spiro atoms. The van der Waals surface area contributed by atoms with E-state index in [4.69, 9.17) is 5.11 Å². The molecule has 0 amide bonds. The van der Waals surface area contributed by atoms with E-state index in [1.54, 1.807) is 12.1 Å². The molecule has 100 valence electrons. The molecule has 18 heavy (non-hydrogen) atoms. The molecular weight excluding hydrogens is 254 g/mol. The first-order valence-electron chi connectivity index (χ1n) is 5.68. The highest BCUT2D eigenvalue weighted by Crippen LogP contribution is 2.12. The van der Waals surface area contributed by atoms with Gasteiger partial charge in [0, 0.05) is 6.04 Å². The molecular formula is C12H17NO4S. The molecule has 0 bridgehead atoms. The number of hydrogen-bond donors (Lipinski definition) is 2. The molecule has 5 nitrogen and oxygen atoms in total. The number of hydrogen-bond acceptors (Lipinski definition) is 3. The van der Waals surface area contributed by atoms with Gasteiger partial charge in [0.25, 0.3) is 0 Å². The van der Waals surface area contributed by atoms with Gasteiger partial charge in [0.05, 0.1) is 11.3 Å². The number of benzene rings is 1. The summed E-state index contributed by atoms with van der Waals surface area (Å²) in [6.45, 7) is 3.50. The molecule has 0 radical (unpaired) electrons. The van der Waals surface area contributed by atoms with Crippen LogP contribution in [0.5, 0.6) is 0 Å². The third kappa shape index (κ3) is 4.12. The summed E-state index contributed by atoms with van der Waals surface area (Å²) in [6.07, 6.45) is 0.593. The zero-order chi connectivity index (χ0) is 13.8. The van der Waals surface area contributed by atoms with Crippen molar-refractivity contribution in [1.29, 1.82) is 0 Å². The van der Waals surface area contributed by atoms with Crippen LogP contribution in [0.3, 0.4) is 0 Å². The Hall–Kier alpha value is -1.40. The summed E-state index contributed by atoms with van der Waals surface area (Å²) in [7, 11) is -3.64. The van der Waals surface area contributed by atoms with Gasteiger partial charge in [-0.15, -0.1) is 0 Å². The predicted molar refractivity (Wildman–Crippen MR) is 67.9 cm³/mol. The van der Waals surface area contributed by atoms with Gasteiger partial charge in [0.15, 0.2) is 0 Å². The van der Waals surface area contributed by atoms with E-state index in [1.165, 1.54) is 19.1 Å². The van der Waals surface area contributed by atoms with Gasteiger partial charge < -0.3 is 5.11 Å². The summed E-state index contributed by atoms with van der Waals surface area (Å²) in [5.74, 6) is -1.04. The normalized spacial score (nSPS) is 13.2. The van der Waals surface area contributed by atoms with Crippen LogP contribution in [0.15, 0.2) is 29.2 Å². The summed E-state index contributed by atoms with van der Waals surface area (Å²) < 4.78 is 26.2. The summed E-state index contributed by atoms with van der Waals surface area (Å²) in [4.78, 5) is 10.6. The molecule has 1 aromatic rings. The van der Waals surface area contributed by atoms with Crippen molar-refractivity contribution in [2.45, 2.75) is 37.6 Å². The highest BCUT2D eigenvalue weighted by molar-refractivity contribution is 7.89. The van der Waals surface area contributed by atoms with Crippen LogP contribution in [0.2, 0.25) is 0 Å². The second kappa shape index (κ2) is 5.97. The van der Waals surface area contributed by atoms with Gasteiger partial charge in [-0.3, -0.25) is 4.79 Å². The molecule has 0 saturated carbocycles. The molecule has 0 heterocycles. The molecule has 1 rings (SSSR count). The number of carboxylic acid groups (broad SMARTS) is 1. The highest BCUT2D eigenvalue weighted by atomic mass is 32.2. The smallest absolute Gasteiger partial charge is 0.304 e. The average molecular weight is 271 g/mol. The Morgan fingerprint density at radius 1 is 1.33 bits per heavy atom. The standard InChI is InChI=1S/C12H17NO4S/c1-3-10-4-6-11(7-5-10)18(16,17)13-9(2)8-12(14)15/h4-7,9,13H,3,8H2,1-2H3,(H,14,15).